The maximum Gasteiger partial charge on any atom is 0.419 e. The summed E-state index contributed by atoms with van der Waals surface area (Å²) in [5.74, 6) is 0.830. The molecule has 0 aromatic heterocycles. The van der Waals surface area contributed by atoms with Crippen LogP contribution in [-0.4, -0.2) is 12.4 Å². The Balaban J connectivity index is 2.21. The van der Waals surface area contributed by atoms with Gasteiger partial charge in [0, 0.05) is 5.56 Å². The fourth-order valence-corrected chi connectivity index (χ4v) is 2.73. The molecule has 0 spiro atoms. The zero-order valence-corrected chi connectivity index (χ0v) is 12.1. The van der Waals surface area contributed by atoms with Crippen molar-refractivity contribution in [1.29, 1.82) is 0 Å². The lowest BCUT2D eigenvalue weighted by atomic mass is 9.80. The van der Waals surface area contributed by atoms with Gasteiger partial charge in [-0.15, -0.1) is 0 Å². The summed E-state index contributed by atoms with van der Waals surface area (Å²) in [5, 5.41) is 0. The predicted octanol–water partition coefficient (Wildman–Crippen LogP) is 4.72. The smallest absolute Gasteiger partial charge is 0.419 e. The predicted molar refractivity (Wildman–Crippen MR) is 73.4 cm³/mol. The Morgan fingerprint density at radius 1 is 1.19 bits per heavy atom. The fraction of sp³-hybridized carbons (Fsp3) is 0.562. The molecule has 2 nitrogen and oxygen atoms in total. The lowest BCUT2D eigenvalue weighted by Gasteiger charge is -2.32. The first kappa shape index (κ1) is 15.9. The summed E-state index contributed by atoms with van der Waals surface area (Å²) in [6.07, 6.45) is -1.84. The van der Waals surface area contributed by atoms with Crippen LogP contribution >= 0.6 is 0 Å². The molecule has 1 saturated carbocycles. The molecule has 0 aliphatic heterocycles. The number of halogens is 3. The summed E-state index contributed by atoms with van der Waals surface area (Å²) in [7, 11) is 0. The van der Waals surface area contributed by atoms with Gasteiger partial charge >= 0.3 is 6.18 Å². The van der Waals surface area contributed by atoms with Crippen molar-refractivity contribution in [1.82, 2.24) is 0 Å². The number of hydrogen-bond donors (Lipinski definition) is 0. The van der Waals surface area contributed by atoms with Gasteiger partial charge in [-0.25, -0.2) is 0 Å². The van der Waals surface area contributed by atoms with Crippen LogP contribution in [-0.2, 0) is 6.18 Å². The van der Waals surface area contributed by atoms with Gasteiger partial charge in [-0.2, -0.15) is 13.2 Å². The number of rotatable bonds is 3. The van der Waals surface area contributed by atoms with Crippen molar-refractivity contribution in [3.05, 3.63) is 29.3 Å². The average molecular weight is 300 g/mol. The minimum Gasteiger partial charge on any atom is -0.490 e. The van der Waals surface area contributed by atoms with E-state index >= 15 is 0 Å². The van der Waals surface area contributed by atoms with E-state index in [2.05, 4.69) is 13.8 Å². The molecule has 116 valence electrons. The van der Waals surface area contributed by atoms with Crippen LogP contribution in [0.3, 0.4) is 0 Å². The average Bonchev–Trinajstić information content (AvgIpc) is 2.42. The summed E-state index contributed by atoms with van der Waals surface area (Å²) in [5.41, 5.74) is -0.876. The topological polar surface area (TPSA) is 26.3 Å². The number of benzene rings is 1. The molecule has 0 bridgehead atoms. The van der Waals surface area contributed by atoms with Crippen LogP contribution in [0.25, 0.3) is 0 Å². The normalized spacial score (nSPS) is 26.4. The number of carbonyl (C=O) groups is 1. The Hall–Kier alpha value is -1.52. The number of carbonyl (C=O) groups excluding carboxylic acids is 1. The molecular formula is C16H19F3O2. The first-order valence-electron chi connectivity index (χ1n) is 7.14. The molecule has 3 atom stereocenters. The lowest BCUT2D eigenvalue weighted by molar-refractivity contribution is -0.139. The Morgan fingerprint density at radius 2 is 1.90 bits per heavy atom. The van der Waals surface area contributed by atoms with Crippen molar-refractivity contribution < 1.29 is 22.7 Å². The summed E-state index contributed by atoms with van der Waals surface area (Å²) >= 11 is 0. The van der Waals surface area contributed by atoms with Crippen LogP contribution in [0.4, 0.5) is 13.2 Å². The SMILES string of the molecule is CC1CCC(Oc2ccc(C=O)cc2C(F)(F)F)CC1C. The van der Waals surface area contributed by atoms with E-state index in [-0.39, 0.29) is 17.4 Å². The Kier molecular flexibility index (Phi) is 4.59. The quantitative estimate of drug-likeness (QED) is 0.755. The Bertz CT molecular complexity index is 511. The van der Waals surface area contributed by atoms with E-state index in [9.17, 15) is 18.0 Å². The molecule has 0 amide bonds. The van der Waals surface area contributed by atoms with Crippen LogP contribution in [0, 0.1) is 11.8 Å². The molecule has 21 heavy (non-hydrogen) atoms. The highest BCUT2D eigenvalue weighted by atomic mass is 19.4. The molecule has 0 radical (unpaired) electrons. The van der Waals surface area contributed by atoms with Crippen molar-refractivity contribution >= 4 is 6.29 Å². The minimum atomic E-state index is -4.53. The number of hydrogen-bond acceptors (Lipinski definition) is 2. The standard InChI is InChI=1S/C16H19F3O2/c1-10-3-5-13(7-11(10)2)21-15-6-4-12(9-20)8-14(15)16(17,18)19/h4,6,8-11,13H,3,5,7H2,1-2H3. The Morgan fingerprint density at radius 3 is 2.48 bits per heavy atom. The van der Waals surface area contributed by atoms with Gasteiger partial charge in [-0.3, -0.25) is 4.79 Å². The molecule has 1 fully saturated rings. The maximum atomic E-state index is 13.1. The molecule has 1 aliphatic rings. The molecular weight excluding hydrogens is 281 g/mol. The van der Waals surface area contributed by atoms with Gasteiger partial charge in [0.15, 0.2) is 0 Å². The van der Waals surface area contributed by atoms with Gasteiger partial charge in [0.2, 0.25) is 0 Å². The molecule has 1 aromatic carbocycles. The second-order valence-corrected chi connectivity index (χ2v) is 5.88. The zero-order chi connectivity index (χ0) is 15.6. The van der Waals surface area contributed by atoms with E-state index in [0.29, 0.717) is 18.1 Å². The second-order valence-electron chi connectivity index (χ2n) is 5.88. The maximum absolute atomic E-state index is 13.1. The van der Waals surface area contributed by atoms with Crippen molar-refractivity contribution in [2.75, 3.05) is 0 Å². The van der Waals surface area contributed by atoms with E-state index < -0.39 is 11.7 Å². The van der Waals surface area contributed by atoms with Crippen LogP contribution < -0.4 is 4.74 Å². The monoisotopic (exact) mass is 300 g/mol. The van der Waals surface area contributed by atoms with Gasteiger partial charge in [-0.1, -0.05) is 13.8 Å². The fourth-order valence-electron chi connectivity index (χ4n) is 2.73. The molecule has 0 heterocycles. The van der Waals surface area contributed by atoms with Gasteiger partial charge in [0.1, 0.15) is 12.0 Å². The molecule has 0 N–H and O–H groups in total. The largest absolute Gasteiger partial charge is 0.490 e. The van der Waals surface area contributed by atoms with Crippen molar-refractivity contribution in [3.63, 3.8) is 0 Å². The van der Waals surface area contributed by atoms with Crippen molar-refractivity contribution in [3.8, 4) is 5.75 Å². The van der Waals surface area contributed by atoms with Crippen molar-refractivity contribution in [2.45, 2.75) is 45.4 Å². The van der Waals surface area contributed by atoms with E-state index in [0.717, 1.165) is 25.3 Å². The van der Waals surface area contributed by atoms with Crippen LogP contribution in [0.5, 0.6) is 5.75 Å². The number of ether oxygens (including phenoxy) is 1. The van der Waals surface area contributed by atoms with Crippen LogP contribution in [0.1, 0.15) is 49.0 Å². The highest BCUT2D eigenvalue weighted by Gasteiger charge is 2.36. The molecule has 5 heteroatoms. The van der Waals surface area contributed by atoms with E-state index in [1.807, 2.05) is 0 Å². The van der Waals surface area contributed by atoms with E-state index in [4.69, 9.17) is 4.74 Å². The van der Waals surface area contributed by atoms with E-state index in [1.54, 1.807) is 0 Å². The highest BCUT2D eigenvalue weighted by Crippen LogP contribution is 2.39. The number of aldehydes is 1. The molecule has 2 rings (SSSR count). The summed E-state index contributed by atoms with van der Waals surface area (Å²) < 4.78 is 44.8. The van der Waals surface area contributed by atoms with Gasteiger partial charge in [-0.05, 0) is 49.3 Å². The third-order valence-electron chi connectivity index (χ3n) is 4.29. The Labute approximate surface area is 122 Å². The first-order chi connectivity index (χ1) is 9.81. The summed E-state index contributed by atoms with van der Waals surface area (Å²) in [6.45, 7) is 4.25. The van der Waals surface area contributed by atoms with Gasteiger partial charge in [0.25, 0.3) is 0 Å². The highest BCUT2D eigenvalue weighted by molar-refractivity contribution is 5.75. The molecule has 1 aliphatic carbocycles. The van der Waals surface area contributed by atoms with Gasteiger partial charge < -0.3 is 4.74 Å². The third-order valence-corrected chi connectivity index (χ3v) is 4.29. The minimum absolute atomic E-state index is 0.000287. The molecule has 1 aromatic rings. The van der Waals surface area contributed by atoms with Crippen LogP contribution in [0.2, 0.25) is 0 Å². The van der Waals surface area contributed by atoms with Crippen LogP contribution in [0.15, 0.2) is 18.2 Å². The first-order valence-corrected chi connectivity index (χ1v) is 7.14. The third kappa shape index (κ3) is 3.77. The number of alkyl halides is 3. The molecule has 3 unspecified atom stereocenters. The van der Waals surface area contributed by atoms with E-state index in [1.165, 1.54) is 12.1 Å². The van der Waals surface area contributed by atoms with Crippen molar-refractivity contribution in [2.24, 2.45) is 11.8 Å². The summed E-state index contributed by atoms with van der Waals surface area (Å²) in [4.78, 5) is 10.7. The summed E-state index contributed by atoms with van der Waals surface area (Å²) in [6, 6.07) is 3.44. The van der Waals surface area contributed by atoms with Gasteiger partial charge in [0.05, 0.1) is 11.7 Å². The molecule has 0 saturated heterocycles. The lowest BCUT2D eigenvalue weighted by Crippen LogP contribution is -2.29. The zero-order valence-electron chi connectivity index (χ0n) is 12.1. The second kappa shape index (κ2) is 6.08.